The van der Waals surface area contributed by atoms with E-state index in [4.69, 9.17) is 5.73 Å². The minimum Gasteiger partial charge on any atom is -0.317 e. The van der Waals surface area contributed by atoms with Gasteiger partial charge in [0.25, 0.3) is 0 Å². The first kappa shape index (κ1) is 10.8. The number of nitrogens with two attached hydrogens (primary N) is 1. The van der Waals surface area contributed by atoms with E-state index >= 15 is 0 Å². The maximum atomic E-state index is 5.83. The van der Waals surface area contributed by atoms with Crippen LogP contribution in [0.1, 0.15) is 25.1 Å². The summed E-state index contributed by atoms with van der Waals surface area (Å²) in [5.74, 6) is 6.49. The van der Waals surface area contributed by atoms with Gasteiger partial charge in [0.15, 0.2) is 0 Å². The van der Waals surface area contributed by atoms with Crippen molar-refractivity contribution in [2.75, 3.05) is 0 Å². The van der Waals surface area contributed by atoms with Gasteiger partial charge in [-0.3, -0.25) is 4.68 Å². The Morgan fingerprint density at radius 2 is 2.14 bits per heavy atom. The fourth-order valence-corrected chi connectivity index (χ4v) is 1.05. The first-order valence-electron chi connectivity index (χ1n) is 4.78. The molecule has 0 aliphatic heterocycles. The van der Waals surface area contributed by atoms with Gasteiger partial charge in [-0.1, -0.05) is 19.8 Å². The molecule has 2 N–H and O–H groups in total. The van der Waals surface area contributed by atoms with Crippen molar-refractivity contribution in [3.05, 3.63) is 17.5 Å². The lowest BCUT2D eigenvalue weighted by Crippen LogP contribution is -2.24. The van der Waals surface area contributed by atoms with E-state index in [1.54, 1.807) is 4.68 Å². The third kappa shape index (κ3) is 2.36. The molecular formula is C11H17N3. The predicted octanol–water partition coefficient (Wildman–Crippen LogP) is 1.06. The molecule has 1 heterocycles. The first-order valence-corrected chi connectivity index (χ1v) is 4.78. The van der Waals surface area contributed by atoms with Crippen LogP contribution in [0.5, 0.6) is 0 Å². The number of nitrogens with zero attached hydrogens (tertiary/aromatic N) is 2. The molecular weight excluding hydrogens is 174 g/mol. The van der Waals surface area contributed by atoms with Gasteiger partial charge in [0.1, 0.15) is 5.69 Å². The second kappa shape index (κ2) is 4.30. The van der Waals surface area contributed by atoms with Crippen LogP contribution in [0.15, 0.2) is 6.20 Å². The Bertz CT molecular complexity index is 346. The van der Waals surface area contributed by atoms with Crippen molar-refractivity contribution in [1.29, 1.82) is 0 Å². The molecule has 0 amide bonds. The summed E-state index contributed by atoms with van der Waals surface area (Å²) in [5.41, 5.74) is 7.87. The fourth-order valence-electron chi connectivity index (χ4n) is 1.05. The average molecular weight is 191 g/mol. The summed E-state index contributed by atoms with van der Waals surface area (Å²) in [6, 6.07) is -0.0655. The number of aryl methyl sites for hydroxylation is 2. The van der Waals surface area contributed by atoms with Crippen LogP contribution in [0.4, 0.5) is 0 Å². The van der Waals surface area contributed by atoms with E-state index in [0.29, 0.717) is 5.92 Å². The lowest BCUT2D eigenvalue weighted by Gasteiger charge is -2.06. The molecule has 1 unspecified atom stereocenters. The van der Waals surface area contributed by atoms with Crippen molar-refractivity contribution >= 4 is 0 Å². The highest BCUT2D eigenvalue weighted by Crippen LogP contribution is 2.03. The predicted molar refractivity (Wildman–Crippen MR) is 57.6 cm³/mol. The number of rotatable bonds is 1. The molecule has 0 saturated heterocycles. The summed E-state index contributed by atoms with van der Waals surface area (Å²) in [4.78, 5) is 0. The van der Waals surface area contributed by atoms with Crippen LogP contribution in [-0.2, 0) is 7.05 Å². The van der Waals surface area contributed by atoms with Crippen LogP contribution in [0, 0.1) is 24.7 Å². The van der Waals surface area contributed by atoms with E-state index < -0.39 is 0 Å². The fraction of sp³-hybridized carbons (Fsp3) is 0.545. The Balaban J connectivity index is 2.87. The van der Waals surface area contributed by atoms with Crippen molar-refractivity contribution in [2.24, 2.45) is 18.7 Å². The molecule has 1 aromatic heterocycles. The molecule has 0 aromatic carbocycles. The molecule has 0 spiro atoms. The Hall–Kier alpha value is -1.27. The van der Waals surface area contributed by atoms with Crippen LogP contribution in [0.2, 0.25) is 0 Å². The largest absolute Gasteiger partial charge is 0.317 e. The number of hydrogen-bond donors (Lipinski definition) is 1. The van der Waals surface area contributed by atoms with E-state index in [0.717, 1.165) is 11.3 Å². The van der Waals surface area contributed by atoms with E-state index in [2.05, 4.69) is 30.8 Å². The summed E-state index contributed by atoms with van der Waals surface area (Å²) in [7, 11) is 1.89. The molecule has 3 heteroatoms. The Kier molecular flexibility index (Phi) is 3.32. The monoisotopic (exact) mass is 191 g/mol. The van der Waals surface area contributed by atoms with Gasteiger partial charge in [0, 0.05) is 12.6 Å². The van der Waals surface area contributed by atoms with Gasteiger partial charge < -0.3 is 5.73 Å². The van der Waals surface area contributed by atoms with Crippen LogP contribution in [0.25, 0.3) is 0 Å². The highest BCUT2D eigenvalue weighted by atomic mass is 15.3. The second-order valence-electron chi connectivity index (χ2n) is 3.84. The number of aromatic nitrogens is 2. The lowest BCUT2D eigenvalue weighted by atomic mass is 10.1. The smallest absolute Gasteiger partial charge is 0.113 e. The maximum Gasteiger partial charge on any atom is 0.113 e. The standard InChI is InChI=1S/C11H17N3/c1-8(2)10(12)5-6-11-9(3)7-13-14(11)4/h7-8,10H,12H2,1-4H3. The van der Waals surface area contributed by atoms with Crippen LogP contribution < -0.4 is 5.73 Å². The molecule has 1 aromatic rings. The van der Waals surface area contributed by atoms with Crippen LogP contribution in [-0.4, -0.2) is 15.8 Å². The van der Waals surface area contributed by atoms with E-state index in [1.165, 1.54) is 0 Å². The summed E-state index contributed by atoms with van der Waals surface area (Å²) < 4.78 is 1.77. The average Bonchev–Trinajstić information content (AvgIpc) is 2.43. The van der Waals surface area contributed by atoms with Crippen LogP contribution in [0.3, 0.4) is 0 Å². The number of hydrogen-bond acceptors (Lipinski definition) is 2. The normalized spacial score (nSPS) is 12.4. The second-order valence-corrected chi connectivity index (χ2v) is 3.84. The van der Waals surface area contributed by atoms with Crippen molar-refractivity contribution in [2.45, 2.75) is 26.8 Å². The minimum atomic E-state index is -0.0655. The molecule has 1 atom stereocenters. The molecule has 0 aliphatic carbocycles. The topological polar surface area (TPSA) is 43.8 Å². The quantitative estimate of drug-likeness (QED) is 0.675. The molecule has 76 valence electrons. The lowest BCUT2D eigenvalue weighted by molar-refractivity contribution is 0.584. The zero-order valence-electron chi connectivity index (χ0n) is 9.20. The molecule has 1 rings (SSSR count). The molecule has 0 saturated carbocycles. The van der Waals surface area contributed by atoms with E-state index in [9.17, 15) is 0 Å². The third-order valence-electron chi connectivity index (χ3n) is 2.20. The molecule has 0 fully saturated rings. The van der Waals surface area contributed by atoms with Gasteiger partial charge >= 0.3 is 0 Å². The van der Waals surface area contributed by atoms with Crippen LogP contribution >= 0.6 is 0 Å². The van der Waals surface area contributed by atoms with Crippen molar-refractivity contribution in [1.82, 2.24) is 9.78 Å². The Labute approximate surface area is 85.3 Å². The minimum absolute atomic E-state index is 0.0655. The summed E-state index contributed by atoms with van der Waals surface area (Å²) in [6.45, 7) is 6.13. The Morgan fingerprint density at radius 1 is 1.50 bits per heavy atom. The first-order chi connectivity index (χ1) is 6.52. The molecule has 14 heavy (non-hydrogen) atoms. The zero-order valence-corrected chi connectivity index (χ0v) is 9.20. The molecule has 0 aliphatic rings. The summed E-state index contributed by atoms with van der Waals surface area (Å²) >= 11 is 0. The molecule has 0 bridgehead atoms. The highest BCUT2D eigenvalue weighted by molar-refractivity contribution is 5.35. The molecule has 0 radical (unpaired) electrons. The Morgan fingerprint density at radius 3 is 2.57 bits per heavy atom. The van der Waals surface area contributed by atoms with Gasteiger partial charge in [-0.25, -0.2) is 0 Å². The van der Waals surface area contributed by atoms with Gasteiger partial charge in [0.05, 0.1) is 12.2 Å². The van der Waals surface area contributed by atoms with Gasteiger partial charge in [-0.15, -0.1) is 0 Å². The van der Waals surface area contributed by atoms with E-state index in [1.807, 2.05) is 20.2 Å². The zero-order chi connectivity index (χ0) is 10.7. The van der Waals surface area contributed by atoms with Crippen molar-refractivity contribution < 1.29 is 0 Å². The SMILES string of the molecule is Cc1cnn(C)c1C#CC(N)C(C)C. The summed E-state index contributed by atoms with van der Waals surface area (Å²) in [6.07, 6.45) is 1.81. The highest BCUT2D eigenvalue weighted by Gasteiger charge is 2.04. The van der Waals surface area contributed by atoms with Crippen molar-refractivity contribution in [3.63, 3.8) is 0 Å². The van der Waals surface area contributed by atoms with Gasteiger partial charge in [-0.05, 0) is 18.8 Å². The van der Waals surface area contributed by atoms with Crippen molar-refractivity contribution in [3.8, 4) is 11.8 Å². The maximum absolute atomic E-state index is 5.83. The van der Waals surface area contributed by atoms with Gasteiger partial charge in [0.2, 0.25) is 0 Å². The van der Waals surface area contributed by atoms with E-state index in [-0.39, 0.29) is 6.04 Å². The molecule has 3 nitrogen and oxygen atoms in total. The third-order valence-corrected chi connectivity index (χ3v) is 2.20. The summed E-state index contributed by atoms with van der Waals surface area (Å²) in [5, 5.41) is 4.11. The van der Waals surface area contributed by atoms with Gasteiger partial charge in [-0.2, -0.15) is 5.10 Å².